The van der Waals surface area contributed by atoms with E-state index in [2.05, 4.69) is 16.4 Å². The van der Waals surface area contributed by atoms with Crippen molar-refractivity contribution < 1.29 is 48.3 Å². The number of esters is 3. The van der Waals surface area contributed by atoms with E-state index < -0.39 is 47.1 Å². The summed E-state index contributed by atoms with van der Waals surface area (Å²) in [6.07, 6.45) is 1.46. The van der Waals surface area contributed by atoms with Crippen molar-refractivity contribution in [2.45, 2.75) is 69.0 Å². The van der Waals surface area contributed by atoms with Gasteiger partial charge in [0, 0.05) is 19.6 Å². The van der Waals surface area contributed by atoms with Gasteiger partial charge < -0.3 is 33.9 Å². The smallest absolute Gasteiger partial charge is 0.346 e. The third kappa shape index (κ3) is 5.00. The molecule has 1 aliphatic rings. The van der Waals surface area contributed by atoms with Crippen LogP contribution in [0.15, 0.2) is 11.6 Å². The summed E-state index contributed by atoms with van der Waals surface area (Å²) in [5.41, 5.74) is -3.24. The molecule has 10 nitrogen and oxygen atoms in total. The third-order valence-corrected chi connectivity index (χ3v) is 5.23. The lowest BCUT2D eigenvalue weighted by molar-refractivity contribution is -0.263. The predicted molar refractivity (Wildman–Crippen MR) is 103 cm³/mol. The summed E-state index contributed by atoms with van der Waals surface area (Å²) < 4.78 is 25.2. The lowest BCUT2D eigenvalue weighted by Crippen LogP contribution is -2.54. The highest BCUT2D eigenvalue weighted by Gasteiger charge is 2.69. The van der Waals surface area contributed by atoms with Gasteiger partial charge in [0.1, 0.15) is 12.2 Å². The maximum absolute atomic E-state index is 12.8. The molecule has 0 spiro atoms. The van der Waals surface area contributed by atoms with Crippen LogP contribution in [0.1, 0.15) is 45.4 Å². The van der Waals surface area contributed by atoms with Crippen LogP contribution in [0.25, 0.3) is 0 Å². The number of carbonyl (C=O) groups is 3. The molecular weight excluding hydrogens is 400 g/mol. The molecule has 1 heterocycles. The van der Waals surface area contributed by atoms with Crippen LogP contribution < -0.4 is 0 Å². The monoisotopic (exact) mass is 432 g/mol. The molecule has 10 heteroatoms. The first-order chi connectivity index (χ1) is 14.2. The second-order valence-electron chi connectivity index (χ2n) is 6.97. The summed E-state index contributed by atoms with van der Waals surface area (Å²) in [6.45, 7) is 2.07. The van der Waals surface area contributed by atoms with Crippen LogP contribution >= 0.6 is 0 Å². The molecule has 1 saturated heterocycles. The molecule has 1 aliphatic heterocycles. The Kier molecular flexibility index (Phi) is 9.89. The molecule has 0 aromatic heterocycles. The Balaban J connectivity index is 3.46. The molecule has 0 amide bonds. The standard InChI is InChI=1S/C20H32O10/c1-6-7-8-9-10-11-19(29-5)15(22)16(23)20(30-19,18(25)28-4)13(17(24)27-3)12-14(21)26-2/h12,15-16,22-23H,6-11H2,1-5H3/t15-,16-,19-,20+/m1/s1. The Hall–Kier alpha value is -2.01. The van der Waals surface area contributed by atoms with Crippen LogP contribution in [-0.4, -0.2) is 80.2 Å². The van der Waals surface area contributed by atoms with Gasteiger partial charge >= 0.3 is 17.9 Å². The topological polar surface area (TPSA) is 138 Å². The number of hydrogen-bond acceptors (Lipinski definition) is 10. The van der Waals surface area contributed by atoms with Gasteiger partial charge in [-0.05, 0) is 6.42 Å². The maximum Gasteiger partial charge on any atom is 0.346 e. The molecule has 1 fully saturated rings. The fourth-order valence-electron chi connectivity index (χ4n) is 3.54. The number of aliphatic hydroxyl groups excluding tert-OH is 2. The quantitative estimate of drug-likeness (QED) is 0.207. The van der Waals surface area contributed by atoms with E-state index in [1.165, 1.54) is 7.11 Å². The molecular formula is C20H32O10. The first kappa shape index (κ1) is 26.0. The molecule has 0 aromatic rings. The number of carbonyl (C=O) groups excluding carboxylic acids is 3. The Morgan fingerprint density at radius 2 is 1.57 bits per heavy atom. The SMILES string of the molecule is CCCCCCC[C@@]1(OC)O[C@@](C(=O)OC)(C(=CC(=O)OC)C(=O)OC)[C@H](O)[C@H]1O. The number of unbranched alkanes of at least 4 members (excludes halogenated alkanes) is 4. The summed E-state index contributed by atoms with van der Waals surface area (Å²) in [7, 11) is 4.34. The molecule has 1 rings (SSSR count). The Labute approximate surface area is 176 Å². The highest BCUT2D eigenvalue weighted by atomic mass is 16.7. The molecule has 0 aromatic carbocycles. The van der Waals surface area contributed by atoms with Crippen molar-refractivity contribution in [3.05, 3.63) is 11.6 Å². The summed E-state index contributed by atoms with van der Waals surface area (Å²) in [6, 6.07) is 0. The van der Waals surface area contributed by atoms with Crippen molar-refractivity contribution >= 4 is 17.9 Å². The van der Waals surface area contributed by atoms with Gasteiger partial charge in [0.05, 0.1) is 26.9 Å². The van der Waals surface area contributed by atoms with Crippen LogP contribution in [-0.2, 0) is 38.1 Å². The van der Waals surface area contributed by atoms with Crippen LogP contribution in [0.3, 0.4) is 0 Å². The summed E-state index contributed by atoms with van der Waals surface area (Å²) in [4.78, 5) is 37.1. The second kappa shape index (κ2) is 11.4. The van der Waals surface area contributed by atoms with E-state index in [-0.39, 0.29) is 6.42 Å². The predicted octanol–water partition coefficient (Wildman–Crippen LogP) is 0.626. The van der Waals surface area contributed by atoms with Crippen molar-refractivity contribution in [3.63, 3.8) is 0 Å². The first-order valence-electron chi connectivity index (χ1n) is 9.79. The van der Waals surface area contributed by atoms with Crippen LogP contribution in [0, 0.1) is 0 Å². The van der Waals surface area contributed by atoms with Gasteiger partial charge in [-0.1, -0.05) is 32.6 Å². The molecule has 0 saturated carbocycles. The molecule has 30 heavy (non-hydrogen) atoms. The second-order valence-corrected chi connectivity index (χ2v) is 6.97. The van der Waals surface area contributed by atoms with Gasteiger partial charge in [-0.3, -0.25) is 0 Å². The molecule has 172 valence electrons. The molecule has 2 N–H and O–H groups in total. The van der Waals surface area contributed by atoms with Gasteiger partial charge in [0.25, 0.3) is 0 Å². The maximum atomic E-state index is 12.8. The number of methoxy groups -OCH3 is 4. The molecule has 0 aliphatic carbocycles. The van der Waals surface area contributed by atoms with Crippen LogP contribution in [0.4, 0.5) is 0 Å². The number of rotatable bonds is 11. The number of hydrogen-bond donors (Lipinski definition) is 2. The third-order valence-electron chi connectivity index (χ3n) is 5.23. The fourth-order valence-corrected chi connectivity index (χ4v) is 3.54. The van der Waals surface area contributed by atoms with Crippen molar-refractivity contribution in [2.75, 3.05) is 28.4 Å². The largest absolute Gasteiger partial charge is 0.467 e. The minimum Gasteiger partial charge on any atom is -0.467 e. The summed E-state index contributed by atoms with van der Waals surface area (Å²) >= 11 is 0. The molecule has 4 atom stereocenters. The van der Waals surface area contributed by atoms with Gasteiger partial charge in [-0.25, -0.2) is 14.4 Å². The van der Waals surface area contributed by atoms with Crippen LogP contribution in [0.2, 0.25) is 0 Å². The van der Waals surface area contributed by atoms with E-state index in [1.54, 1.807) is 0 Å². The molecule has 0 unspecified atom stereocenters. The van der Waals surface area contributed by atoms with Gasteiger partial charge in [-0.15, -0.1) is 0 Å². The minimum atomic E-state index is -2.56. The highest BCUT2D eigenvalue weighted by Crippen LogP contribution is 2.46. The van der Waals surface area contributed by atoms with Gasteiger partial charge in [-0.2, -0.15) is 0 Å². The zero-order chi connectivity index (χ0) is 22.9. The van der Waals surface area contributed by atoms with E-state index in [9.17, 15) is 24.6 Å². The van der Waals surface area contributed by atoms with Crippen molar-refractivity contribution in [1.82, 2.24) is 0 Å². The van der Waals surface area contributed by atoms with Gasteiger partial charge in [0.15, 0.2) is 5.79 Å². The van der Waals surface area contributed by atoms with E-state index >= 15 is 0 Å². The van der Waals surface area contributed by atoms with Gasteiger partial charge in [0.2, 0.25) is 5.60 Å². The number of ether oxygens (including phenoxy) is 5. The van der Waals surface area contributed by atoms with Crippen molar-refractivity contribution in [2.24, 2.45) is 0 Å². The van der Waals surface area contributed by atoms with Crippen molar-refractivity contribution in [3.8, 4) is 0 Å². The Bertz CT molecular complexity index is 645. The normalized spacial score (nSPS) is 28.8. The fraction of sp³-hybridized carbons (Fsp3) is 0.750. The zero-order valence-corrected chi connectivity index (χ0v) is 18.1. The van der Waals surface area contributed by atoms with Crippen molar-refractivity contribution in [1.29, 1.82) is 0 Å². The first-order valence-corrected chi connectivity index (χ1v) is 9.79. The lowest BCUT2D eigenvalue weighted by atomic mass is 9.85. The van der Waals surface area contributed by atoms with E-state index in [4.69, 9.17) is 14.2 Å². The average molecular weight is 432 g/mol. The Morgan fingerprint density at radius 3 is 2.07 bits per heavy atom. The zero-order valence-electron chi connectivity index (χ0n) is 18.1. The number of aliphatic hydroxyl groups is 2. The summed E-state index contributed by atoms with van der Waals surface area (Å²) in [5, 5.41) is 21.6. The summed E-state index contributed by atoms with van der Waals surface area (Å²) in [5.74, 6) is -5.17. The van der Waals surface area contributed by atoms with Crippen LogP contribution in [0.5, 0.6) is 0 Å². The lowest BCUT2D eigenvalue weighted by Gasteiger charge is -2.33. The highest BCUT2D eigenvalue weighted by molar-refractivity contribution is 6.05. The van der Waals surface area contributed by atoms with E-state index in [0.29, 0.717) is 12.5 Å². The molecule has 0 bridgehead atoms. The van der Waals surface area contributed by atoms with E-state index in [1.807, 2.05) is 0 Å². The minimum absolute atomic E-state index is 0.122. The van der Waals surface area contributed by atoms with E-state index in [0.717, 1.165) is 47.0 Å². The average Bonchev–Trinajstić information content (AvgIpc) is 2.99. The Morgan fingerprint density at radius 1 is 0.933 bits per heavy atom. The molecule has 0 radical (unpaired) electrons.